The van der Waals surface area contributed by atoms with Crippen molar-refractivity contribution in [1.29, 1.82) is 0 Å². The van der Waals surface area contributed by atoms with Crippen LogP contribution in [0.3, 0.4) is 0 Å². The van der Waals surface area contributed by atoms with E-state index in [1.165, 1.54) is 38.1 Å². The highest BCUT2D eigenvalue weighted by Gasteiger charge is 2.64. The van der Waals surface area contributed by atoms with Crippen LogP contribution in [0.5, 0.6) is 0 Å². The molecule has 0 amide bonds. The van der Waals surface area contributed by atoms with Gasteiger partial charge in [0.25, 0.3) is 0 Å². The third-order valence-electron chi connectivity index (χ3n) is 7.61. The van der Waals surface area contributed by atoms with Gasteiger partial charge in [-0.15, -0.1) is 0 Å². The van der Waals surface area contributed by atoms with E-state index in [0.29, 0.717) is 6.79 Å². The summed E-state index contributed by atoms with van der Waals surface area (Å²) in [6.07, 6.45) is 8.93. The molecule has 4 aliphatic carbocycles. The van der Waals surface area contributed by atoms with Crippen molar-refractivity contribution in [2.45, 2.75) is 102 Å². The first-order valence-corrected chi connectivity index (χ1v) is 14.3. The molecule has 3 nitrogen and oxygen atoms in total. The van der Waals surface area contributed by atoms with Crippen molar-refractivity contribution >= 4 is 8.07 Å². The van der Waals surface area contributed by atoms with E-state index in [4.69, 9.17) is 9.47 Å². The van der Waals surface area contributed by atoms with Gasteiger partial charge in [0, 0.05) is 20.1 Å². The summed E-state index contributed by atoms with van der Waals surface area (Å²) in [5.41, 5.74) is -0.460. The van der Waals surface area contributed by atoms with Gasteiger partial charge < -0.3 is 14.6 Å². The fourth-order valence-electron chi connectivity index (χ4n) is 6.50. The fraction of sp³-hybridized carbons (Fsp3) is 1.00. The molecule has 4 fully saturated rings. The lowest BCUT2D eigenvalue weighted by atomic mass is 9.43. The first-order valence-electron chi connectivity index (χ1n) is 10.6. The van der Waals surface area contributed by atoms with Gasteiger partial charge in [-0.25, -0.2) is 0 Å². The average Bonchev–Trinajstić information content (AvgIpc) is 2.51. The van der Waals surface area contributed by atoms with E-state index in [-0.39, 0.29) is 11.0 Å². The standard InChI is InChI=1S/C21H40O3Si/c1-6-21(22,7-2)19-11-17-10-18(12-19)14-20(13-17,15-19)24-16-23-8-9-25(3,4)5/h17-18,22H,6-16H2,1-5H3. The van der Waals surface area contributed by atoms with Crippen molar-refractivity contribution in [1.82, 2.24) is 0 Å². The van der Waals surface area contributed by atoms with Gasteiger partial charge in [0.1, 0.15) is 6.79 Å². The van der Waals surface area contributed by atoms with Crippen LogP contribution in [-0.2, 0) is 9.47 Å². The summed E-state index contributed by atoms with van der Waals surface area (Å²) in [7, 11) is -1.04. The average molecular weight is 369 g/mol. The Bertz CT molecular complexity index is 452. The molecule has 4 heteroatoms. The van der Waals surface area contributed by atoms with Crippen LogP contribution in [0.25, 0.3) is 0 Å². The highest BCUT2D eigenvalue weighted by atomic mass is 28.3. The Hall–Kier alpha value is 0.0969. The van der Waals surface area contributed by atoms with Crippen LogP contribution in [0.2, 0.25) is 25.7 Å². The van der Waals surface area contributed by atoms with Crippen LogP contribution in [0.15, 0.2) is 0 Å². The molecule has 0 aliphatic heterocycles. The molecule has 2 unspecified atom stereocenters. The van der Waals surface area contributed by atoms with Crippen molar-refractivity contribution in [2.75, 3.05) is 13.4 Å². The normalized spacial score (nSPS) is 37.7. The first-order chi connectivity index (χ1) is 11.6. The molecule has 4 saturated carbocycles. The molecule has 4 aliphatic rings. The molecule has 0 aromatic rings. The van der Waals surface area contributed by atoms with Crippen LogP contribution in [-0.4, -0.2) is 37.8 Å². The molecule has 0 spiro atoms. The van der Waals surface area contributed by atoms with Crippen LogP contribution in [0.4, 0.5) is 0 Å². The predicted octanol–water partition coefficient (Wildman–Crippen LogP) is 5.21. The highest BCUT2D eigenvalue weighted by Crippen LogP contribution is 2.67. The Morgan fingerprint density at radius 3 is 2.16 bits per heavy atom. The molecule has 1 N–H and O–H groups in total. The topological polar surface area (TPSA) is 38.7 Å². The van der Waals surface area contributed by atoms with E-state index >= 15 is 0 Å². The minimum Gasteiger partial charge on any atom is -0.389 e. The second-order valence-electron chi connectivity index (χ2n) is 10.6. The molecule has 25 heavy (non-hydrogen) atoms. The van der Waals surface area contributed by atoms with Crippen LogP contribution >= 0.6 is 0 Å². The molecule has 4 rings (SSSR count). The van der Waals surface area contributed by atoms with Gasteiger partial charge in [-0.3, -0.25) is 0 Å². The fourth-order valence-corrected chi connectivity index (χ4v) is 7.25. The van der Waals surface area contributed by atoms with E-state index in [0.717, 1.165) is 37.7 Å². The van der Waals surface area contributed by atoms with Gasteiger partial charge in [-0.2, -0.15) is 0 Å². The Morgan fingerprint density at radius 2 is 1.64 bits per heavy atom. The second-order valence-corrected chi connectivity index (χ2v) is 16.3. The minimum absolute atomic E-state index is 0.0262. The summed E-state index contributed by atoms with van der Waals surface area (Å²) >= 11 is 0. The lowest BCUT2D eigenvalue weighted by Crippen LogP contribution is -2.64. The van der Waals surface area contributed by atoms with Gasteiger partial charge in [0.2, 0.25) is 0 Å². The smallest absolute Gasteiger partial charge is 0.147 e. The molecule has 4 bridgehead atoms. The van der Waals surface area contributed by atoms with Crippen molar-refractivity contribution in [3.05, 3.63) is 0 Å². The van der Waals surface area contributed by atoms with Crippen LogP contribution < -0.4 is 0 Å². The van der Waals surface area contributed by atoms with Crippen molar-refractivity contribution in [3.63, 3.8) is 0 Å². The SMILES string of the molecule is CCC(O)(CC)C12CC3CC(CC(OCOCC[Si](C)(C)C)(C3)C1)C2. The first kappa shape index (κ1) is 19.8. The lowest BCUT2D eigenvalue weighted by molar-refractivity contribution is -0.265. The summed E-state index contributed by atoms with van der Waals surface area (Å²) in [4.78, 5) is 0. The summed E-state index contributed by atoms with van der Waals surface area (Å²) < 4.78 is 12.3. The molecule has 146 valence electrons. The van der Waals surface area contributed by atoms with Gasteiger partial charge >= 0.3 is 0 Å². The van der Waals surface area contributed by atoms with Crippen LogP contribution in [0.1, 0.15) is 65.2 Å². The van der Waals surface area contributed by atoms with Gasteiger partial charge in [0.15, 0.2) is 0 Å². The number of rotatable bonds is 9. The largest absolute Gasteiger partial charge is 0.389 e. The third-order valence-corrected chi connectivity index (χ3v) is 9.31. The van der Waals surface area contributed by atoms with E-state index in [1.807, 2.05) is 0 Å². The maximum absolute atomic E-state index is 11.4. The molecule has 0 radical (unpaired) electrons. The molecule has 0 aromatic heterocycles. The summed E-state index contributed by atoms with van der Waals surface area (Å²) in [5, 5.41) is 11.4. The van der Waals surface area contributed by atoms with Gasteiger partial charge in [-0.05, 0) is 69.2 Å². The monoisotopic (exact) mass is 368 g/mol. The summed E-state index contributed by atoms with van der Waals surface area (Å²) in [6, 6.07) is 1.20. The van der Waals surface area contributed by atoms with Crippen molar-refractivity contribution in [2.24, 2.45) is 17.3 Å². The number of hydrogen-bond acceptors (Lipinski definition) is 3. The second kappa shape index (κ2) is 6.92. The molecule has 2 atom stereocenters. The predicted molar refractivity (Wildman–Crippen MR) is 105 cm³/mol. The zero-order valence-corrected chi connectivity index (χ0v) is 18.2. The Balaban J connectivity index is 1.64. The number of aliphatic hydroxyl groups is 1. The molecular formula is C21H40O3Si. The molecule has 0 heterocycles. The van der Waals surface area contributed by atoms with E-state index in [9.17, 15) is 5.11 Å². The van der Waals surface area contributed by atoms with E-state index in [1.54, 1.807) is 0 Å². The maximum atomic E-state index is 11.4. The zero-order chi connectivity index (χ0) is 18.3. The maximum Gasteiger partial charge on any atom is 0.147 e. The summed E-state index contributed by atoms with van der Waals surface area (Å²) in [6.45, 7) is 12.8. The van der Waals surface area contributed by atoms with E-state index < -0.39 is 13.7 Å². The molecule has 0 aromatic carbocycles. The van der Waals surface area contributed by atoms with Crippen molar-refractivity contribution in [3.8, 4) is 0 Å². The van der Waals surface area contributed by atoms with E-state index in [2.05, 4.69) is 33.5 Å². The van der Waals surface area contributed by atoms with Gasteiger partial charge in [-0.1, -0.05) is 33.5 Å². The highest BCUT2D eigenvalue weighted by molar-refractivity contribution is 6.76. The summed E-state index contributed by atoms with van der Waals surface area (Å²) in [5.74, 6) is 1.49. The van der Waals surface area contributed by atoms with Crippen LogP contribution in [0, 0.1) is 17.3 Å². The Labute approximate surface area is 155 Å². The lowest BCUT2D eigenvalue weighted by Gasteiger charge is -2.65. The molecular weight excluding hydrogens is 328 g/mol. The Kier molecular flexibility index (Phi) is 5.49. The third kappa shape index (κ3) is 3.88. The zero-order valence-electron chi connectivity index (χ0n) is 17.2. The van der Waals surface area contributed by atoms with Gasteiger partial charge in [0.05, 0.1) is 11.2 Å². The minimum atomic E-state index is -1.04. The number of hydrogen-bond donors (Lipinski definition) is 1. The Morgan fingerprint density at radius 1 is 1.04 bits per heavy atom. The quantitative estimate of drug-likeness (QED) is 0.345. The molecule has 0 saturated heterocycles. The van der Waals surface area contributed by atoms with Crippen molar-refractivity contribution < 1.29 is 14.6 Å². The number of ether oxygens (including phenoxy) is 2.